The predicted molar refractivity (Wildman–Crippen MR) is 93.5 cm³/mol. The smallest absolute Gasteiger partial charge is 0.222 e. The van der Waals surface area contributed by atoms with Crippen LogP contribution in [0.2, 0.25) is 0 Å². The topological polar surface area (TPSA) is 80.2 Å². The van der Waals surface area contributed by atoms with Crippen molar-refractivity contribution in [3.8, 4) is 10.6 Å². The third kappa shape index (κ3) is 3.99. The Labute approximate surface area is 145 Å². The molecule has 1 atom stereocenters. The third-order valence-corrected chi connectivity index (χ3v) is 6.90. The lowest BCUT2D eigenvalue weighted by Crippen LogP contribution is -2.37. The molecule has 1 saturated heterocycles. The second-order valence-corrected chi connectivity index (χ2v) is 9.03. The van der Waals surface area contributed by atoms with Crippen LogP contribution in [0.15, 0.2) is 29.9 Å². The number of hydrogen-bond acceptors (Lipinski definition) is 6. The van der Waals surface area contributed by atoms with Gasteiger partial charge >= 0.3 is 0 Å². The summed E-state index contributed by atoms with van der Waals surface area (Å²) >= 11 is 1.53. The molecular weight excluding hydrogens is 346 g/mol. The molecule has 1 fully saturated rings. The summed E-state index contributed by atoms with van der Waals surface area (Å²) in [5, 5.41) is 2.84. The van der Waals surface area contributed by atoms with E-state index in [-0.39, 0.29) is 23.5 Å². The molecule has 0 aliphatic carbocycles. The number of carbonyl (C=O) groups excluding carboxylic acids is 1. The van der Waals surface area contributed by atoms with Gasteiger partial charge in [-0.1, -0.05) is 0 Å². The molecule has 0 radical (unpaired) electrons. The molecule has 2 aromatic rings. The molecule has 0 saturated carbocycles. The molecule has 8 heteroatoms. The fraction of sp³-hybridized carbons (Fsp3) is 0.438. The molecule has 0 bridgehead atoms. The van der Waals surface area contributed by atoms with E-state index >= 15 is 0 Å². The molecule has 0 spiro atoms. The van der Waals surface area contributed by atoms with Crippen molar-refractivity contribution in [3.63, 3.8) is 0 Å². The Balaban J connectivity index is 1.56. The van der Waals surface area contributed by atoms with Gasteiger partial charge in [-0.3, -0.25) is 9.78 Å². The normalized spacial score (nSPS) is 19.3. The third-order valence-electron chi connectivity index (χ3n) is 4.20. The van der Waals surface area contributed by atoms with Gasteiger partial charge in [-0.15, -0.1) is 11.3 Å². The summed E-state index contributed by atoms with van der Waals surface area (Å²) in [6.45, 7) is 0. The highest BCUT2D eigenvalue weighted by Gasteiger charge is 2.32. The highest BCUT2D eigenvalue weighted by molar-refractivity contribution is 7.91. The number of aryl methyl sites for hydroxylation is 1. The quantitative estimate of drug-likeness (QED) is 0.807. The number of carbonyl (C=O) groups is 1. The van der Waals surface area contributed by atoms with E-state index in [1.807, 2.05) is 17.5 Å². The van der Waals surface area contributed by atoms with Crippen LogP contribution in [0.3, 0.4) is 0 Å². The molecule has 0 aromatic carbocycles. The average Bonchev–Trinajstić information content (AvgIpc) is 3.19. The van der Waals surface area contributed by atoms with E-state index in [2.05, 4.69) is 9.97 Å². The zero-order valence-corrected chi connectivity index (χ0v) is 15.0. The summed E-state index contributed by atoms with van der Waals surface area (Å²) in [5.74, 6) is 0.223. The number of amides is 1. The highest BCUT2D eigenvalue weighted by atomic mass is 32.2. The first-order valence-corrected chi connectivity index (χ1v) is 10.5. The van der Waals surface area contributed by atoms with Crippen molar-refractivity contribution in [2.75, 3.05) is 18.6 Å². The lowest BCUT2D eigenvalue weighted by molar-refractivity contribution is -0.131. The second kappa shape index (κ2) is 6.98. The van der Waals surface area contributed by atoms with Gasteiger partial charge in [0, 0.05) is 42.8 Å². The minimum atomic E-state index is -2.98. The molecule has 1 unspecified atom stereocenters. The Morgan fingerprint density at radius 1 is 1.46 bits per heavy atom. The summed E-state index contributed by atoms with van der Waals surface area (Å²) in [4.78, 5) is 22.5. The van der Waals surface area contributed by atoms with Crippen LogP contribution in [0.4, 0.5) is 0 Å². The van der Waals surface area contributed by atoms with Gasteiger partial charge in [0.1, 0.15) is 5.01 Å². The van der Waals surface area contributed by atoms with E-state index in [0.29, 0.717) is 19.3 Å². The molecule has 3 heterocycles. The van der Waals surface area contributed by atoms with Gasteiger partial charge in [-0.25, -0.2) is 13.4 Å². The van der Waals surface area contributed by atoms with Gasteiger partial charge in [-0.05, 0) is 25.0 Å². The van der Waals surface area contributed by atoms with Gasteiger partial charge < -0.3 is 4.90 Å². The Hall–Kier alpha value is -1.80. The molecule has 24 heavy (non-hydrogen) atoms. The average molecular weight is 365 g/mol. The Morgan fingerprint density at radius 2 is 2.29 bits per heavy atom. The van der Waals surface area contributed by atoms with E-state index < -0.39 is 9.84 Å². The van der Waals surface area contributed by atoms with Crippen LogP contribution in [0.1, 0.15) is 18.5 Å². The lowest BCUT2D eigenvalue weighted by atomic mass is 10.2. The number of hydrogen-bond donors (Lipinski definition) is 0. The zero-order chi connectivity index (χ0) is 17.2. The molecule has 1 aliphatic rings. The van der Waals surface area contributed by atoms with Gasteiger partial charge in [0.15, 0.2) is 9.84 Å². The maximum absolute atomic E-state index is 12.3. The number of aromatic nitrogens is 2. The van der Waals surface area contributed by atoms with Crippen molar-refractivity contribution in [2.45, 2.75) is 25.3 Å². The predicted octanol–water partition coefficient (Wildman–Crippen LogP) is 1.78. The second-order valence-electron chi connectivity index (χ2n) is 5.95. The fourth-order valence-corrected chi connectivity index (χ4v) is 5.36. The first-order chi connectivity index (χ1) is 11.4. The SMILES string of the molecule is CN(C(=O)CCc1csc(-c2cccnc2)n1)C1CCS(=O)(=O)C1. The van der Waals surface area contributed by atoms with Crippen molar-refractivity contribution < 1.29 is 13.2 Å². The summed E-state index contributed by atoms with van der Waals surface area (Å²) in [6, 6.07) is 3.63. The standard InChI is InChI=1S/C16H19N3O3S2/c1-19(14-6-8-24(21,22)11-14)15(20)5-4-13-10-23-16(18-13)12-3-2-7-17-9-12/h2-3,7,9-10,14H,4-6,8,11H2,1H3. The number of thiazole rings is 1. The van der Waals surface area contributed by atoms with Crippen LogP contribution in [-0.4, -0.2) is 53.8 Å². The number of nitrogens with zero attached hydrogens (tertiary/aromatic N) is 3. The maximum atomic E-state index is 12.3. The van der Waals surface area contributed by atoms with Crippen molar-refractivity contribution in [1.29, 1.82) is 0 Å². The largest absolute Gasteiger partial charge is 0.342 e. The summed E-state index contributed by atoms with van der Waals surface area (Å²) < 4.78 is 23.1. The monoisotopic (exact) mass is 365 g/mol. The number of sulfone groups is 1. The van der Waals surface area contributed by atoms with Gasteiger partial charge in [-0.2, -0.15) is 0 Å². The summed E-state index contributed by atoms with van der Waals surface area (Å²) in [5.41, 5.74) is 1.84. The first-order valence-electron chi connectivity index (χ1n) is 7.75. The Morgan fingerprint density at radius 3 is 2.96 bits per heavy atom. The molecule has 2 aromatic heterocycles. The van der Waals surface area contributed by atoms with E-state index in [9.17, 15) is 13.2 Å². The number of pyridine rings is 1. The van der Waals surface area contributed by atoms with Crippen LogP contribution in [0.5, 0.6) is 0 Å². The maximum Gasteiger partial charge on any atom is 0.222 e. The van der Waals surface area contributed by atoms with Crippen molar-refractivity contribution in [1.82, 2.24) is 14.9 Å². The van der Waals surface area contributed by atoms with Crippen LogP contribution in [0.25, 0.3) is 10.6 Å². The van der Waals surface area contributed by atoms with Crippen molar-refractivity contribution >= 4 is 27.1 Å². The van der Waals surface area contributed by atoms with Gasteiger partial charge in [0.05, 0.1) is 17.2 Å². The van der Waals surface area contributed by atoms with Crippen LogP contribution in [0, 0.1) is 0 Å². The molecule has 0 N–H and O–H groups in total. The Kier molecular flexibility index (Phi) is 4.96. The van der Waals surface area contributed by atoms with E-state index in [4.69, 9.17) is 0 Å². The highest BCUT2D eigenvalue weighted by Crippen LogP contribution is 2.23. The van der Waals surface area contributed by atoms with Gasteiger partial charge in [0.25, 0.3) is 0 Å². The van der Waals surface area contributed by atoms with Crippen molar-refractivity contribution in [3.05, 3.63) is 35.6 Å². The van der Waals surface area contributed by atoms with E-state index in [0.717, 1.165) is 16.3 Å². The van der Waals surface area contributed by atoms with Crippen LogP contribution < -0.4 is 0 Å². The van der Waals surface area contributed by atoms with Gasteiger partial charge in [0.2, 0.25) is 5.91 Å². The minimum absolute atomic E-state index is 0.0342. The molecule has 3 rings (SSSR count). The molecule has 1 amide bonds. The van der Waals surface area contributed by atoms with Crippen molar-refractivity contribution in [2.24, 2.45) is 0 Å². The summed E-state index contributed by atoms with van der Waals surface area (Å²) in [7, 11) is -1.29. The van der Waals surface area contributed by atoms with E-state index in [1.165, 1.54) is 11.3 Å². The van der Waals surface area contributed by atoms with Crippen LogP contribution >= 0.6 is 11.3 Å². The zero-order valence-electron chi connectivity index (χ0n) is 13.4. The minimum Gasteiger partial charge on any atom is -0.342 e. The summed E-state index contributed by atoms with van der Waals surface area (Å²) in [6.07, 6.45) is 4.91. The molecular formula is C16H19N3O3S2. The van der Waals surface area contributed by atoms with E-state index in [1.54, 1.807) is 24.3 Å². The number of rotatable bonds is 5. The molecule has 6 nitrogen and oxygen atoms in total. The molecule has 128 valence electrons. The van der Waals surface area contributed by atoms with Crippen LogP contribution in [-0.2, 0) is 21.1 Å². The lowest BCUT2D eigenvalue weighted by Gasteiger charge is -2.23. The first kappa shape index (κ1) is 17.0. The molecule has 1 aliphatic heterocycles. The Bertz CT molecular complexity index is 818. The fourth-order valence-electron chi connectivity index (χ4n) is 2.74.